The van der Waals surface area contributed by atoms with Crippen LogP contribution in [-0.2, 0) is 0 Å². The van der Waals surface area contributed by atoms with Crippen LogP contribution in [0.1, 0.15) is 6.92 Å². The minimum Gasteiger partial charge on any atom is -0.493 e. The van der Waals surface area contributed by atoms with E-state index < -0.39 is 5.82 Å². The number of hydrogen-bond donors (Lipinski definition) is 1. The van der Waals surface area contributed by atoms with Crippen LogP contribution in [-0.4, -0.2) is 16.0 Å². The van der Waals surface area contributed by atoms with Gasteiger partial charge in [-0.2, -0.15) is 0 Å². The van der Waals surface area contributed by atoms with Crippen molar-refractivity contribution in [1.29, 1.82) is 0 Å². The summed E-state index contributed by atoms with van der Waals surface area (Å²) in [6.45, 7) is 2.45. The van der Waals surface area contributed by atoms with E-state index in [0.29, 0.717) is 23.9 Å². The van der Waals surface area contributed by atoms with Crippen LogP contribution in [0, 0.1) is 5.82 Å². The molecule has 0 aliphatic heterocycles. The van der Waals surface area contributed by atoms with E-state index in [1.165, 1.54) is 10.5 Å². The van der Waals surface area contributed by atoms with Crippen molar-refractivity contribution >= 4 is 11.5 Å². The summed E-state index contributed by atoms with van der Waals surface area (Å²) in [5, 5.41) is 0. The first kappa shape index (κ1) is 12.5. The summed E-state index contributed by atoms with van der Waals surface area (Å²) in [5.74, 6) is 0.677. The average molecular weight is 271 g/mol. The number of pyridine rings is 1. The number of anilines is 1. The zero-order chi connectivity index (χ0) is 14.1. The number of benzene rings is 1. The third kappa shape index (κ3) is 1.87. The molecule has 1 aromatic carbocycles. The number of nitrogen functional groups attached to an aromatic ring is 1. The van der Waals surface area contributed by atoms with E-state index in [-0.39, 0.29) is 5.65 Å². The highest BCUT2D eigenvalue weighted by atomic mass is 19.1. The summed E-state index contributed by atoms with van der Waals surface area (Å²) in [5.41, 5.74) is 7.58. The Morgan fingerprint density at radius 3 is 2.80 bits per heavy atom. The van der Waals surface area contributed by atoms with E-state index in [4.69, 9.17) is 10.5 Å². The van der Waals surface area contributed by atoms with Crippen LogP contribution in [0.25, 0.3) is 16.9 Å². The molecule has 2 N–H and O–H groups in total. The lowest BCUT2D eigenvalue weighted by Crippen LogP contribution is -1.97. The van der Waals surface area contributed by atoms with Crippen molar-refractivity contribution < 1.29 is 9.13 Å². The van der Waals surface area contributed by atoms with Gasteiger partial charge in [-0.1, -0.05) is 12.1 Å². The summed E-state index contributed by atoms with van der Waals surface area (Å²) in [6.07, 6.45) is 1.69. The highest BCUT2D eigenvalue weighted by Gasteiger charge is 2.16. The molecular formula is C15H14FN3O. The molecule has 0 spiro atoms. The monoisotopic (exact) mass is 271 g/mol. The van der Waals surface area contributed by atoms with E-state index in [2.05, 4.69) is 4.98 Å². The predicted octanol–water partition coefficient (Wildman–Crippen LogP) is 3.12. The van der Waals surface area contributed by atoms with E-state index in [1.807, 2.05) is 31.2 Å². The maximum Gasteiger partial charge on any atom is 0.175 e. The molecule has 0 saturated heterocycles. The lowest BCUT2D eigenvalue weighted by molar-refractivity contribution is 0.341. The van der Waals surface area contributed by atoms with Crippen molar-refractivity contribution in [2.75, 3.05) is 12.3 Å². The fourth-order valence-electron chi connectivity index (χ4n) is 2.19. The topological polar surface area (TPSA) is 52.5 Å². The van der Waals surface area contributed by atoms with Crippen molar-refractivity contribution in [2.45, 2.75) is 6.92 Å². The zero-order valence-corrected chi connectivity index (χ0v) is 11.0. The Kier molecular flexibility index (Phi) is 3.02. The SMILES string of the molecule is CCOc1ccccc1-c1nc2c(F)cccn2c1N. The van der Waals surface area contributed by atoms with E-state index >= 15 is 0 Å². The second-order valence-electron chi connectivity index (χ2n) is 4.32. The van der Waals surface area contributed by atoms with Gasteiger partial charge < -0.3 is 10.5 Å². The molecule has 102 valence electrons. The van der Waals surface area contributed by atoms with Gasteiger partial charge in [0.05, 0.1) is 6.61 Å². The lowest BCUT2D eigenvalue weighted by Gasteiger charge is -2.08. The first-order chi connectivity index (χ1) is 9.72. The molecule has 0 fully saturated rings. The maximum absolute atomic E-state index is 13.8. The smallest absolute Gasteiger partial charge is 0.175 e. The Hall–Kier alpha value is -2.56. The molecular weight excluding hydrogens is 257 g/mol. The molecule has 0 amide bonds. The van der Waals surface area contributed by atoms with Gasteiger partial charge in [-0.25, -0.2) is 9.37 Å². The van der Waals surface area contributed by atoms with Gasteiger partial charge in [0.25, 0.3) is 0 Å². The molecule has 2 heterocycles. The summed E-state index contributed by atoms with van der Waals surface area (Å²) in [7, 11) is 0. The largest absolute Gasteiger partial charge is 0.493 e. The van der Waals surface area contributed by atoms with Crippen molar-refractivity contribution in [3.63, 3.8) is 0 Å². The number of aromatic nitrogens is 2. The summed E-state index contributed by atoms with van der Waals surface area (Å²) in [4.78, 5) is 4.31. The molecule has 5 heteroatoms. The number of halogens is 1. The Labute approximate surface area is 115 Å². The molecule has 20 heavy (non-hydrogen) atoms. The molecule has 0 aliphatic rings. The average Bonchev–Trinajstić information content (AvgIpc) is 2.79. The number of fused-ring (bicyclic) bond motifs is 1. The number of hydrogen-bond acceptors (Lipinski definition) is 3. The van der Waals surface area contributed by atoms with Gasteiger partial charge in [-0.3, -0.25) is 4.40 Å². The van der Waals surface area contributed by atoms with Crippen molar-refractivity contribution in [3.05, 3.63) is 48.4 Å². The summed E-state index contributed by atoms with van der Waals surface area (Å²) in [6, 6.07) is 10.4. The summed E-state index contributed by atoms with van der Waals surface area (Å²) < 4.78 is 20.9. The molecule has 0 unspecified atom stereocenters. The Bertz CT molecular complexity index is 767. The molecule has 0 saturated carbocycles. The zero-order valence-electron chi connectivity index (χ0n) is 11.0. The summed E-state index contributed by atoms with van der Waals surface area (Å²) >= 11 is 0. The van der Waals surface area contributed by atoms with Gasteiger partial charge in [0.2, 0.25) is 0 Å². The van der Waals surface area contributed by atoms with Crippen LogP contribution in [0.15, 0.2) is 42.6 Å². The molecule has 0 aliphatic carbocycles. The number of rotatable bonds is 3. The van der Waals surface area contributed by atoms with Crippen LogP contribution in [0.3, 0.4) is 0 Å². The second-order valence-corrected chi connectivity index (χ2v) is 4.32. The van der Waals surface area contributed by atoms with Gasteiger partial charge in [-0.05, 0) is 31.2 Å². The number of nitrogens with two attached hydrogens (primary N) is 1. The Morgan fingerprint density at radius 2 is 2.05 bits per heavy atom. The van der Waals surface area contributed by atoms with Gasteiger partial charge in [0.1, 0.15) is 17.3 Å². The first-order valence-electron chi connectivity index (χ1n) is 6.36. The number of imidazole rings is 1. The van der Waals surface area contributed by atoms with Crippen molar-refractivity contribution in [1.82, 2.24) is 9.38 Å². The van der Waals surface area contributed by atoms with Gasteiger partial charge in [0, 0.05) is 11.8 Å². The van der Waals surface area contributed by atoms with Crippen LogP contribution in [0.4, 0.5) is 10.2 Å². The fourth-order valence-corrected chi connectivity index (χ4v) is 2.19. The highest BCUT2D eigenvalue weighted by Crippen LogP contribution is 2.33. The van der Waals surface area contributed by atoms with Gasteiger partial charge >= 0.3 is 0 Å². The molecule has 3 aromatic rings. The quantitative estimate of drug-likeness (QED) is 0.796. The minimum atomic E-state index is -0.403. The molecule has 0 bridgehead atoms. The third-order valence-electron chi connectivity index (χ3n) is 3.08. The van der Waals surface area contributed by atoms with Crippen molar-refractivity contribution in [3.8, 4) is 17.0 Å². The molecule has 3 rings (SSSR count). The number of nitrogens with zero attached hydrogens (tertiary/aromatic N) is 2. The van der Waals surface area contributed by atoms with Crippen LogP contribution >= 0.6 is 0 Å². The van der Waals surface area contributed by atoms with Gasteiger partial charge in [0.15, 0.2) is 11.5 Å². The Balaban J connectivity index is 2.25. The van der Waals surface area contributed by atoms with E-state index in [9.17, 15) is 4.39 Å². The van der Waals surface area contributed by atoms with Crippen LogP contribution in [0.5, 0.6) is 5.75 Å². The van der Waals surface area contributed by atoms with Crippen LogP contribution in [0.2, 0.25) is 0 Å². The molecule has 0 radical (unpaired) electrons. The van der Waals surface area contributed by atoms with E-state index in [1.54, 1.807) is 12.3 Å². The second kappa shape index (κ2) is 4.85. The normalized spacial score (nSPS) is 10.9. The molecule has 0 atom stereocenters. The standard InChI is InChI=1S/C15H14FN3O/c1-2-20-12-8-4-3-6-10(12)13-14(17)19-9-5-7-11(16)15(19)18-13/h3-9H,2,17H2,1H3. The molecule has 4 nitrogen and oxygen atoms in total. The van der Waals surface area contributed by atoms with E-state index in [0.717, 1.165) is 5.56 Å². The third-order valence-corrected chi connectivity index (χ3v) is 3.08. The fraction of sp³-hybridized carbons (Fsp3) is 0.133. The highest BCUT2D eigenvalue weighted by molar-refractivity contribution is 5.79. The predicted molar refractivity (Wildman–Crippen MR) is 76.2 cm³/mol. The lowest BCUT2D eigenvalue weighted by atomic mass is 10.1. The van der Waals surface area contributed by atoms with Crippen molar-refractivity contribution in [2.24, 2.45) is 0 Å². The number of para-hydroxylation sites is 1. The Morgan fingerprint density at radius 1 is 1.25 bits per heavy atom. The maximum atomic E-state index is 13.8. The van der Waals surface area contributed by atoms with Crippen LogP contribution < -0.4 is 10.5 Å². The minimum absolute atomic E-state index is 0.214. The van der Waals surface area contributed by atoms with Gasteiger partial charge in [-0.15, -0.1) is 0 Å². The first-order valence-corrected chi connectivity index (χ1v) is 6.36. The molecule has 2 aromatic heterocycles. The number of ether oxygens (including phenoxy) is 1.